The topological polar surface area (TPSA) is 42.7 Å². The molecule has 0 bridgehead atoms. The molecule has 2 fully saturated rings. The predicted octanol–water partition coefficient (Wildman–Crippen LogP) is 4.79. The SMILES string of the molecule is Fc1ccc(COC2CCN(Cc3ccn4c(CC5CC5)nnc4c3Cl)CC2)c(F)c1. The van der Waals surface area contributed by atoms with Crippen LogP contribution in [0.2, 0.25) is 5.02 Å². The molecule has 0 amide bonds. The average molecular weight is 447 g/mol. The highest BCUT2D eigenvalue weighted by Gasteiger charge is 2.25. The van der Waals surface area contributed by atoms with Gasteiger partial charge in [0.2, 0.25) is 0 Å². The van der Waals surface area contributed by atoms with E-state index in [9.17, 15) is 8.78 Å². The monoisotopic (exact) mass is 446 g/mol. The van der Waals surface area contributed by atoms with E-state index in [1.807, 2.05) is 10.6 Å². The number of rotatable bonds is 7. The number of likely N-dealkylation sites (tertiary alicyclic amines) is 1. The zero-order valence-corrected chi connectivity index (χ0v) is 18.0. The van der Waals surface area contributed by atoms with Crippen molar-refractivity contribution in [2.75, 3.05) is 13.1 Å². The maximum atomic E-state index is 13.8. The number of hydrogen-bond acceptors (Lipinski definition) is 4. The van der Waals surface area contributed by atoms with Gasteiger partial charge in [-0.2, -0.15) is 0 Å². The summed E-state index contributed by atoms with van der Waals surface area (Å²) in [4.78, 5) is 2.34. The molecule has 1 aromatic carbocycles. The fraction of sp³-hybridized carbons (Fsp3) is 0.478. The summed E-state index contributed by atoms with van der Waals surface area (Å²) >= 11 is 6.66. The van der Waals surface area contributed by atoms with Crippen LogP contribution in [0.1, 0.15) is 42.6 Å². The summed E-state index contributed by atoms with van der Waals surface area (Å²) in [7, 11) is 0. The van der Waals surface area contributed by atoms with E-state index < -0.39 is 11.6 Å². The summed E-state index contributed by atoms with van der Waals surface area (Å²) in [6, 6.07) is 5.66. The van der Waals surface area contributed by atoms with Crippen molar-refractivity contribution in [2.24, 2.45) is 5.92 Å². The van der Waals surface area contributed by atoms with Gasteiger partial charge in [0, 0.05) is 43.9 Å². The highest BCUT2D eigenvalue weighted by atomic mass is 35.5. The van der Waals surface area contributed by atoms with E-state index in [1.54, 1.807) is 0 Å². The summed E-state index contributed by atoms with van der Waals surface area (Å²) in [5.41, 5.74) is 2.17. The third-order valence-corrected chi connectivity index (χ3v) is 6.67. The lowest BCUT2D eigenvalue weighted by Gasteiger charge is -2.32. The normalized spacial score (nSPS) is 18.2. The Kier molecular flexibility index (Phi) is 5.91. The molecular formula is C23H25ClF2N4O. The Balaban J connectivity index is 1.16. The van der Waals surface area contributed by atoms with E-state index >= 15 is 0 Å². The summed E-state index contributed by atoms with van der Waals surface area (Å²) in [5, 5.41) is 9.33. The summed E-state index contributed by atoms with van der Waals surface area (Å²) in [6.07, 6.45) is 7.34. The molecular weight excluding hydrogens is 422 g/mol. The summed E-state index contributed by atoms with van der Waals surface area (Å²) in [6.45, 7) is 2.66. The van der Waals surface area contributed by atoms with Gasteiger partial charge >= 0.3 is 0 Å². The molecule has 31 heavy (non-hydrogen) atoms. The van der Waals surface area contributed by atoms with Crippen molar-refractivity contribution in [1.29, 1.82) is 0 Å². The number of fused-ring (bicyclic) bond motifs is 1. The Morgan fingerprint density at radius 1 is 1.03 bits per heavy atom. The first kappa shape index (κ1) is 20.8. The van der Waals surface area contributed by atoms with Crippen molar-refractivity contribution in [3.63, 3.8) is 0 Å². The highest BCUT2D eigenvalue weighted by molar-refractivity contribution is 6.34. The van der Waals surface area contributed by atoms with Crippen LogP contribution >= 0.6 is 11.6 Å². The zero-order chi connectivity index (χ0) is 21.4. The van der Waals surface area contributed by atoms with Gasteiger partial charge in [0.05, 0.1) is 17.7 Å². The third kappa shape index (κ3) is 4.73. The van der Waals surface area contributed by atoms with Crippen molar-refractivity contribution < 1.29 is 13.5 Å². The number of hydrogen-bond donors (Lipinski definition) is 0. The zero-order valence-electron chi connectivity index (χ0n) is 17.2. The minimum Gasteiger partial charge on any atom is -0.373 e. The second-order valence-corrected chi connectivity index (χ2v) is 9.01. The van der Waals surface area contributed by atoms with Crippen molar-refractivity contribution in [3.05, 3.63) is 64.1 Å². The maximum absolute atomic E-state index is 13.8. The van der Waals surface area contributed by atoms with E-state index in [4.69, 9.17) is 16.3 Å². The smallest absolute Gasteiger partial charge is 0.179 e. The molecule has 3 heterocycles. The second kappa shape index (κ2) is 8.81. The molecule has 1 saturated heterocycles. The fourth-order valence-electron chi connectivity index (χ4n) is 4.17. The quantitative estimate of drug-likeness (QED) is 0.523. The average Bonchev–Trinajstić information content (AvgIpc) is 3.48. The van der Waals surface area contributed by atoms with Gasteiger partial charge in [0.15, 0.2) is 5.65 Å². The molecule has 2 aliphatic rings. The second-order valence-electron chi connectivity index (χ2n) is 8.63. The van der Waals surface area contributed by atoms with Crippen molar-refractivity contribution >= 4 is 17.2 Å². The number of benzene rings is 1. The van der Waals surface area contributed by atoms with Crippen LogP contribution in [0.25, 0.3) is 5.65 Å². The minimum atomic E-state index is -0.573. The lowest BCUT2D eigenvalue weighted by atomic mass is 10.1. The first-order valence-electron chi connectivity index (χ1n) is 10.9. The van der Waals surface area contributed by atoms with E-state index in [0.29, 0.717) is 10.6 Å². The molecule has 1 aliphatic heterocycles. The van der Waals surface area contributed by atoms with Crippen molar-refractivity contribution in [3.8, 4) is 0 Å². The molecule has 5 rings (SSSR count). The number of piperidine rings is 1. The van der Waals surface area contributed by atoms with E-state index in [1.165, 1.54) is 25.0 Å². The van der Waals surface area contributed by atoms with Crippen LogP contribution in [-0.2, 0) is 24.3 Å². The van der Waals surface area contributed by atoms with Crippen LogP contribution in [-0.4, -0.2) is 38.7 Å². The first-order valence-corrected chi connectivity index (χ1v) is 11.2. The van der Waals surface area contributed by atoms with Gasteiger partial charge in [-0.25, -0.2) is 8.78 Å². The van der Waals surface area contributed by atoms with Crippen LogP contribution < -0.4 is 0 Å². The molecule has 1 saturated carbocycles. The summed E-state index contributed by atoms with van der Waals surface area (Å²) < 4.78 is 34.7. The Bertz CT molecular complexity index is 1080. The molecule has 2 aromatic heterocycles. The Morgan fingerprint density at radius 3 is 2.58 bits per heavy atom. The molecule has 1 aliphatic carbocycles. The van der Waals surface area contributed by atoms with Crippen molar-refractivity contribution in [2.45, 2.75) is 51.4 Å². The molecule has 0 radical (unpaired) electrons. The van der Waals surface area contributed by atoms with Crippen LogP contribution in [0, 0.1) is 17.6 Å². The number of aromatic nitrogens is 3. The van der Waals surface area contributed by atoms with E-state index in [-0.39, 0.29) is 12.7 Å². The third-order valence-electron chi connectivity index (χ3n) is 6.26. The van der Waals surface area contributed by atoms with Gasteiger partial charge in [-0.15, -0.1) is 10.2 Å². The standard InChI is InChI=1S/C23H25ClF2N4O/c24-22-16(5-10-30-21(11-15-1-2-15)27-28-23(22)30)13-29-8-6-19(7-9-29)31-14-17-3-4-18(25)12-20(17)26/h3-5,10,12,15,19H,1-2,6-9,11,13-14H2. The lowest BCUT2D eigenvalue weighted by molar-refractivity contribution is -0.00496. The molecule has 0 unspecified atom stereocenters. The predicted molar refractivity (Wildman–Crippen MR) is 114 cm³/mol. The lowest BCUT2D eigenvalue weighted by Crippen LogP contribution is -2.36. The largest absolute Gasteiger partial charge is 0.373 e. The number of nitrogens with zero attached hydrogens (tertiary/aromatic N) is 4. The molecule has 8 heteroatoms. The Labute approximate surface area is 185 Å². The van der Waals surface area contributed by atoms with Gasteiger partial charge in [0.25, 0.3) is 0 Å². The molecule has 164 valence electrons. The minimum absolute atomic E-state index is 0.0696. The van der Waals surface area contributed by atoms with Crippen LogP contribution in [0.5, 0.6) is 0 Å². The maximum Gasteiger partial charge on any atom is 0.179 e. The molecule has 3 aromatic rings. The number of halogens is 3. The molecule has 0 N–H and O–H groups in total. The summed E-state index contributed by atoms with van der Waals surface area (Å²) in [5.74, 6) is 0.600. The Morgan fingerprint density at radius 2 is 1.84 bits per heavy atom. The van der Waals surface area contributed by atoms with Gasteiger partial charge in [-0.3, -0.25) is 9.30 Å². The molecule has 0 atom stereocenters. The first-order chi connectivity index (χ1) is 15.1. The van der Waals surface area contributed by atoms with Crippen LogP contribution in [0.15, 0.2) is 30.5 Å². The Hall–Kier alpha value is -2.09. The van der Waals surface area contributed by atoms with E-state index in [2.05, 4.69) is 21.2 Å². The highest BCUT2D eigenvalue weighted by Crippen LogP contribution is 2.33. The van der Waals surface area contributed by atoms with Crippen molar-refractivity contribution in [1.82, 2.24) is 19.5 Å². The number of pyridine rings is 1. The fourth-order valence-corrected chi connectivity index (χ4v) is 4.43. The van der Waals surface area contributed by atoms with Gasteiger partial charge < -0.3 is 4.74 Å². The van der Waals surface area contributed by atoms with Crippen LogP contribution in [0.4, 0.5) is 8.78 Å². The van der Waals surface area contributed by atoms with E-state index in [0.717, 1.165) is 67.9 Å². The van der Waals surface area contributed by atoms with Crippen LogP contribution in [0.3, 0.4) is 0 Å². The van der Waals surface area contributed by atoms with Gasteiger partial charge in [-0.1, -0.05) is 17.7 Å². The number of ether oxygens (including phenoxy) is 1. The molecule has 5 nitrogen and oxygen atoms in total. The van der Waals surface area contributed by atoms with Gasteiger partial charge in [0.1, 0.15) is 17.5 Å². The van der Waals surface area contributed by atoms with Gasteiger partial charge in [-0.05, 0) is 49.3 Å². The molecule has 0 spiro atoms.